The normalized spacial score (nSPS) is 11.0. The van der Waals surface area contributed by atoms with Gasteiger partial charge in [0.1, 0.15) is 6.61 Å². The molecule has 4 aromatic rings. The van der Waals surface area contributed by atoms with E-state index in [1.54, 1.807) is 28.4 Å². The number of aryl methyl sites for hydroxylation is 2. The average Bonchev–Trinajstić information content (AvgIpc) is 3.26. The van der Waals surface area contributed by atoms with Gasteiger partial charge in [-0.25, -0.2) is 19.4 Å². The summed E-state index contributed by atoms with van der Waals surface area (Å²) in [5.74, 6) is 0.0885. The maximum atomic E-state index is 12.2. The van der Waals surface area contributed by atoms with Gasteiger partial charge in [-0.1, -0.05) is 0 Å². The monoisotopic (exact) mass is 381 g/mol. The number of carbonyl (C=O) groups excluding carboxylic acids is 1. The molecule has 0 aliphatic carbocycles. The van der Waals surface area contributed by atoms with E-state index in [2.05, 4.69) is 15.1 Å². The van der Waals surface area contributed by atoms with Crippen molar-refractivity contribution in [3.63, 3.8) is 0 Å². The molecule has 4 rings (SSSR count). The number of aromatic nitrogens is 5. The minimum Gasteiger partial charge on any atom is -0.456 e. The summed E-state index contributed by atoms with van der Waals surface area (Å²) in [7, 11) is 0. The predicted octanol–water partition coefficient (Wildman–Crippen LogP) is 2.31. The van der Waals surface area contributed by atoms with Crippen molar-refractivity contribution in [2.24, 2.45) is 0 Å². The standard InChI is InChI=1S/C18H15N5O3S/c1-11-7-12(2)23(21-11)15-4-3-13(9-19-15)17(25)26-10-14-8-16(24)22-5-6-27-18(22)20-14/h3-9H,10H2,1-2H3. The van der Waals surface area contributed by atoms with Crippen molar-refractivity contribution in [1.82, 2.24) is 24.1 Å². The van der Waals surface area contributed by atoms with E-state index >= 15 is 0 Å². The third-order valence-electron chi connectivity index (χ3n) is 3.92. The Balaban J connectivity index is 1.47. The Labute approximate surface area is 157 Å². The Morgan fingerprint density at radius 3 is 2.81 bits per heavy atom. The molecular formula is C18H15N5O3S. The van der Waals surface area contributed by atoms with Gasteiger partial charge in [0.25, 0.3) is 5.56 Å². The summed E-state index contributed by atoms with van der Waals surface area (Å²) in [6.07, 6.45) is 3.10. The molecule has 0 saturated heterocycles. The Kier molecular flexibility index (Phi) is 4.28. The van der Waals surface area contributed by atoms with Crippen LogP contribution < -0.4 is 5.56 Å². The molecule has 0 spiro atoms. The van der Waals surface area contributed by atoms with Gasteiger partial charge in [-0.05, 0) is 32.0 Å². The number of rotatable bonds is 4. The zero-order valence-electron chi connectivity index (χ0n) is 14.6. The van der Waals surface area contributed by atoms with E-state index < -0.39 is 5.97 Å². The number of fused-ring (bicyclic) bond motifs is 1. The molecule has 0 radical (unpaired) electrons. The van der Waals surface area contributed by atoms with Crippen LogP contribution in [-0.2, 0) is 11.3 Å². The van der Waals surface area contributed by atoms with Crippen LogP contribution in [0.15, 0.2) is 46.8 Å². The molecule has 4 heterocycles. The maximum Gasteiger partial charge on any atom is 0.340 e. The Bertz CT molecular complexity index is 1190. The molecule has 0 bridgehead atoms. The highest BCUT2D eigenvalue weighted by Crippen LogP contribution is 2.12. The molecule has 4 aromatic heterocycles. The van der Waals surface area contributed by atoms with E-state index in [0.29, 0.717) is 22.0 Å². The van der Waals surface area contributed by atoms with Gasteiger partial charge < -0.3 is 4.74 Å². The van der Waals surface area contributed by atoms with Crippen molar-refractivity contribution < 1.29 is 9.53 Å². The van der Waals surface area contributed by atoms with E-state index in [-0.39, 0.29) is 12.2 Å². The lowest BCUT2D eigenvalue weighted by atomic mass is 10.3. The van der Waals surface area contributed by atoms with Crippen molar-refractivity contribution in [1.29, 1.82) is 0 Å². The molecule has 0 atom stereocenters. The number of thiazole rings is 1. The van der Waals surface area contributed by atoms with Crippen LogP contribution >= 0.6 is 11.3 Å². The summed E-state index contributed by atoms with van der Waals surface area (Å²) >= 11 is 1.34. The highest BCUT2D eigenvalue weighted by molar-refractivity contribution is 7.15. The second kappa shape index (κ2) is 6.76. The number of ether oxygens (including phenoxy) is 1. The fourth-order valence-electron chi connectivity index (χ4n) is 2.68. The number of pyridine rings is 1. The summed E-state index contributed by atoms with van der Waals surface area (Å²) in [5, 5.41) is 6.13. The zero-order valence-corrected chi connectivity index (χ0v) is 15.4. The SMILES string of the molecule is Cc1cc(C)n(-c2ccc(C(=O)OCc3cc(=O)n4ccsc4n3)cn2)n1. The van der Waals surface area contributed by atoms with Crippen molar-refractivity contribution in [2.45, 2.75) is 20.5 Å². The topological polar surface area (TPSA) is 91.4 Å². The van der Waals surface area contributed by atoms with Crippen LogP contribution in [0.1, 0.15) is 27.4 Å². The lowest BCUT2D eigenvalue weighted by Crippen LogP contribution is -2.15. The fraction of sp³-hybridized carbons (Fsp3) is 0.167. The van der Waals surface area contributed by atoms with E-state index in [9.17, 15) is 9.59 Å². The second-order valence-electron chi connectivity index (χ2n) is 5.96. The summed E-state index contributed by atoms with van der Waals surface area (Å²) in [5.41, 5.74) is 2.36. The summed E-state index contributed by atoms with van der Waals surface area (Å²) in [6, 6.07) is 6.64. The Morgan fingerprint density at radius 2 is 2.11 bits per heavy atom. The number of hydrogen-bond acceptors (Lipinski definition) is 7. The predicted molar refractivity (Wildman–Crippen MR) is 99.3 cm³/mol. The molecular weight excluding hydrogens is 366 g/mol. The molecule has 0 aliphatic rings. The first-order valence-corrected chi connectivity index (χ1v) is 9.02. The zero-order chi connectivity index (χ0) is 19.0. The van der Waals surface area contributed by atoms with E-state index in [4.69, 9.17) is 4.74 Å². The van der Waals surface area contributed by atoms with E-state index in [1.807, 2.05) is 19.9 Å². The molecule has 27 heavy (non-hydrogen) atoms. The minimum absolute atomic E-state index is 0.0817. The fourth-order valence-corrected chi connectivity index (χ4v) is 3.42. The highest BCUT2D eigenvalue weighted by Gasteiger charge is 2.12. The van der Waals surface area contributed by atoms with Crippen LogP contribution in [0.5, 0.6) is 0 Å². The van der Waals surface area contributed by atoms with Gasteiger partial charge in [-0.15, -0.1) is 11.3 Å². The van der Waals surface area contributed by atoms with Crippen LogP contribution in [-0.4, -0.2) is 30.1 Å². The van der Waals surface area contributed by atoms with Crippen molar-refractivity contribution in [3.8, 4) is 5.82 Å². The van der Waals surface area contributed by atoms with E-state index in [1.165, 1.54) is 28.0 Å². The molecule has 0 saturated carbocycles. The Hall–Kier alpha value is -3.33. The smallest absolute Gasteiger partial charge is 0.340 e. The van der Waals surface area contributed by atoms with Crippen LogP contribution in [0.2, 0.25) is 0 Å². The molecule has 8 nitrogen and oxygen atoms in total. The molecule has 0 fully saturated rings. The van der Waals surface area contributed by atoms with E-state index in [0.717, 1.165) is 11.4 Å². The lowest BCUT2D eigenvalue weighted by molar-refractivity contribution is 0.0467. The quantitative estimate of drug-likeness (QED) is 0.504. The van der Waals surface area contributed by atoms with Crippen LogP contribution in [0.4, 0.5) is 0 Å². The second-order valence-corrected chi connectivity index (χ2v) is 6.83. The Morgan fingerprint density at radius 1 is 1.26 bits per heavy atom. The third-order valence-corrected chi connectivity index (χ3v) is 4.67. The van der Waals surface area contributed by atoms with Gasteiger partial charge in [-0.3, -0.25) is 9.20 Å². The molecule has 0 aliphatic heterocycles. The maximum absolute atomic E-state index is 12.2. The van der Waals surface area contributed by atoms with Crippen LogP contribution in [0.25, 0.3) is 10.8 Å². The number of esters is 1. The average molecular weight is 381 g/mol. The van der Waals surface area contributed by atoms with Gasteiger partial charge in [-0.2, -0.15) is 5.10 Å². The molecule has 0 amide bonds. The van der Waals surface area contributed by atoms with Crippen molar-refractivity contribution in [3.05, 3.63) is 75.0 Å². The number of nitrogens with zero attached hydrogens (tertiary/aromatic N) is 5. The lowest BCUT2D eigenvalue weighted by Gasteiger charge is -2.06. The molecule has 0 N–H and O–H groups in total. The van der Waals surface area contributed by atoms with Gasteiger partial charge in [0.2, 0.25) is 0 Å². The first-order valence-electron chi connectivity index (χ1n) is 8.14. The van der Waals surface area contributed by atoms with Crippen LogP contribution in [0, 0.1) is 13.8 Å². The van der Waals surface area contributed by atoms with Crippen LogP contribution in [0.3, 0.4) is 0 Å². The molecule has 0 aromatic carbocycles. The minimum atomic E-state index is -0.532. The van der Waals surface area contributed by atoms with Crippen molar-refractivity contribution in [2.75, 3.05) is 0 Å². The first-order chi connectivity index (χ1) is 13.0. The first kappa shape index (κ1) is 17.1. The van der Waals surface area contributed by atoms with Gasteiger partial charge >= 0.3 is 5.97 Å². The largest absolute Gasteiger partial charge is 0.456 e. The van der Waals surface area contributed by atoms with Gasteiger partial charge in [0.05, 0.1) is 17.0 Å². The number of carbonyl (C=O) groups is 1. The van der Waals surface area contributed by atoms with Gasteiger partial charge in [0.15, 0.2) is 10.8 Å². The molecule has 0 unspecified atom stereocenters. The molecule has 136 valence electrons. The summed E-state index contributed by atoms with van der Waals surface area (Å²) < 4.78 is 8.41. The van der Waals surface area contributed by atoms with Gasteiger partial charge in [0, 0.05) is 29.5 Å². The summed E-state index contributed by atoms with van der Waals surface area (Å²) in [6.45, 7) is 3.76. The van der Waals surface area contributed by atoms with Crippen molar-refractivity contribution >= 4 is 22.3 Å². The molecule has 9 heteroatoms. The summed E-state index contributed by atoms with van der Waals surface area (Å²) in [4.78, 5) is 33.3. The number of hydrogen-bond donors (Lipinski definition) is 0. The highest BCUT2D eigenvalue weighted by atomic mass is 32.1. The third kappa shape index (κ3) is 3.36.